The lowest BCUT2D eigenvalue weighted by Crippen LogP contribution is -2.00. The zero-order valence-corrected chi connectivity index (χ0v) is 29.8. The van der Waals surface area contributed by atoms with Gasteiger partial charge in [-0.15, -0.1) is 0 Å². The summed E-state index contributed by atoms with van der Waals surface area (Å²) in [4.78, 5) is 14.9. The molecule has 0 N–H and O–H groups in total. The number of hydrogen-bond donors (Lipinski definition) is 0. The van der Waals surface area contributed by atoms with E-state index in [9.17, 15) is 0 Å². The summed E-state index contributed by atoms with van der Waals surface area (Å²) in [6.07, 6.45) is 0. The van der Waals surface area contributed by atoms with E-state index in [4.69, 9.17) is 26.2 Å². The van der Waals surface area contributed by atoms with Crippen LogP contribution in [-0.4, -0.2) is 19.5 Å². The third-order valence-electron chi connectivity index (χ3n) is 10.4. The van der Waals surface area contributed by atoms with Gasteiger partial charge < -0.3 is 8.98 Å². The van der Waals surface area contributed by atoms with Gasteiger partial charge in [0.25, 0.3) is 0 Å². The first-order valence-electron chi connectivity index (χ1n) is 20.9. The molecule has 11 aromatic rings. The summed E-state index contributed by atoms with van der Waals surface area (Å²) in [5, 5.41) is 4.26. The molecule has 0 aliphatic rings. The van der Waals surface area contributed by atoms with Crippen molar-refractivity contribution in [2.24, 2.45) is 0 Å². The molecule has 0 aliphatic carbocycles. The molecular formula is C51H32N4O. The number of nitrogens with zero attached hydrogens (tertiary/aromatic N) is 4. The first-order chi connectivity index (χ1) is 29.8. The van der Waals surface area contributed by atoms with Crippen molar-refractivity contribution >= 4 is 43.7 Å². The van der Waals surface area contributed by atoms with Crippen LogP contribution in [0.25, 0.3) is 106 Å². The number of para-hydroxylation sites is 2. The molecule has 3 heterocycles. The maximum Gasteiger partial charge on any atom is 0.164 e. The van der Waals surface area contributed by atoms with Crippen LogP contribution in [-0.2, 0) is 0 Å². The molecule has 0 atom stereocenters. The van der Waals surface area contributed by atoms with Crippen molar-refractivity contribution in [3.63, 3.8) is 0 Å². The Morgan fingerprint density at radius 1 is 0.411 bits per heavy atom. The molecule has 0 unspecified atom stereocenters. The van der Waals surface area contributed by atoms with Gasteiger partial charge in [-0.25, -0.2) is 15.0 Å². The van der Waals surface area contributed by atoms with E-state index in [1.54, 1.807) is 24.3 Å². The number of hydrogen-bond acceptors (Lipinski definition) is 4. The van der Waals surface area contributed by atoms with Gasteiger partial charge in [0.1, 0.15) is 11.2 Å². The van der Waals surface area contributed by atoms with Crippen LogP contribution in [0.5, 0.6) is 0 Å². The minimum absolute atomic E-state index is 0.137. The topological polar surface area (TPSA) is 56.7 Å². The maximum absolute atomic E-state index is 8.47. The molecule has 3 aromatic heterocycles. The Morgan fingerprint density at radius 3 is 1.80 bits per heavy atom. The van der Waals surface area contributed by atoms with Gasteiger partial charge in [-0.3, -0.25) is 0 Å². The molecular weight excluding hydrogens is 685 g/mol. The normalized spacial score (nSPS) is 12.8. The van der Waals surface area contributed by atoms with Crippen LogP contribution in [0.4, 0.5) is 0 Å². The second-order valence-electron chi connectivity index (χ2n) is 13.7. The molecule has 0 amide bonds. The zero-order chi connectivity index (χ0) is 41.4. The smallest absolute Gasteiger partial charge is 0.164 e. The Hall–Kier alpha value is -7.63. The van der Waals surface area contributed by atoms with Crippen molar-refractivity contribution in [2.75, 3.05) is 0 Å². The van der Waals surface area contributed by atoms with E-state index in [1.165, 1.54) is 5.39 Å². The summed E-state index contributed by atoms with van der Waals surface area (Å²) < 4.78 is 50.1. The van der Waals surface area contributed by atoms with E-state index in [-0.39, 0.29) is 29.7 Å². The summed E-state index contributed by atoms with van der Waals surface area (Å²) in [5.74, 6) is 1.40. The molecule has 0 saturated heterocycles. The maximum atomic E-state index is 8.47. The van der Waals surface area contributed by atoms with Gasteiger partial charge in [-0.1, -0.05) is 139 Å². The minimum Gasteiger partial charge on any atom is -0.456 e. The largest absolute Gasteiger partial charge is 0.456 e. The van der Waals surface area contributed by atoms with E-state index in [1.807, 2.05) is 60.7 Å². The highest BCUT2D eigenvalue weighted by Gasteiger charge is 2.19. The second-order valence-corrected chi connectivity index (χ2v) is 13.7. The van der Waals surface area contributed by atoms with Crippen LogP contribution >= 0.6 is 0 Å². The lowest BCUT2D eigenvalue weighted by molar-refractivity contribution is 0.669. The average molecular weight is 722 g/mol. The predicted octanol–water partition coefficient (Wildman–Crippen LogP) is 13.2. The van der Waals surface area contributed by atoms with E-state index in [0.29, 0.717) is 28.6 Å². The highest BCUT2D eigenvalue weighted by atomic mass is 16.3. The molecule has 0 bridgehead atoms. The van der Waals surface area contributed by atoms with E-state index in [0.717, 1.165) is 66.3 Å². The second kappa shape index (κ2) is 13.0. The summed E-state index contributed by atoms with van der Waals surface area (Å²) in [6, 6.07) is 52.9. The number of rotatable bonds is 6. The minimum atomic E-state index is -0.427. The van der Waals surface area contributed by atoms with Crippen molar-refractivity contribution in [3.05, 3.63) is 194 Å². The first kappa shape index (κ1) is 27.0. The molecule has 8 aromatic carbocycles. The molecule has 0 radical (unpaired) electrons. The monoisotopic (exact) mass is 721 g/mol. The Morgan fingerprint density at radius 2 is 1.02 bits per heavy atom. The van der Waals surface area contributed by atoms with Gasteiger partial charge in [0.15, 0.2) is 17.5 Å². The Bertz CT molecular complexity index is 3500. The number of furan rings is 1. The van der Waals surface area contributed by atoms with Gasteiger partial charge >= 0.3 is 0 Å². The Balaban J connectivity index is 1.05. The number of benzene rings is 8. The summed E-state index contributed by atoms with van der Waals surface area (Å²) in [5.41, 5.74) is 9.94. The van der Waals surface area contributed by atoms with Crippen molar-refractivity contribution in [1.82, 2.24) is 19.5 Å². The molecule has 0 fully saturated rings. The van der Waals surface area contributed by atoms with E-state index >= 15 is 0 Å². The van der Waals surface area contributed by atoms with Crippen LogP contribution in [0, 0.1) is 0 Å². The predicted molar refractivity (Wildman–Crippen MR) is 229 cm³/mol. The van der Waals surface area contributed by atoms with Crippen molar-refractivity contribution in [3.8, 4) is 62.1 Å². The van der Waals surface area contributed by atoms with Crippen LogP contribution in [0.3, 0.4) is 0 Å². The molecule has 5 nitrogen and oxygen atoms in total. The van der Waals surface area contributed by atoms with Gasteiger partial charge in [0.2, 0.25) is 0 Å². The molecule has 11 rings (SSSR count). The van der Waals surface area contributed by atoms with Crippen LogP contribution in [0.2, 0.25) is 0 Å². The number of fused-ring (bicyclic) bond motifs is 6. The third kappa shape index (κ3) is 5.37. The average Bonchev–Trinajstić information content (AvgIpc) is 3.86. The standard InChI is InChI=1S/C51H32N4O/c1-4-13-33(14-5-1)34-23-25-36(26-24-34)50-52-49(35-15-6-2-7-16-35)53-51(54-50)38-28-30-46-43(32-38)48-40(20-12-22-47(48)56-46)37-27-29-45-42(31-37)41-19-10-11-21-44(41)55(45)39-17-8-3-9-18-39/h1-32H/i1D,4D,5D,13D,14D. The molecule has 56 heavy (non-hydrogen) atoms. The van der Waals surface area contributed by atoms with Gasteiger partial charge in [-0.2, -0.15) is 0 Å². The lowest BCUT2D eigenvalue weighted by atomic mass is 9.97. The summed E-state index contributed by atoms with van der Waals surface area (Å²) in [7, 11) is 0. The first-order valence-corrected chi connectivity index (χ1v) is 18.4. The highest BCUT2D eigenvalue weighted by molar-refractivity contribution is 6.15. The highest BCUT2D eigenvalue weighted by Crippen LogP contribution is 2.41. The number of aromatic nitrogens is 4. The fraction of sp³-hybridized carbons (Fsp3) is 0. The van der Waals surface area contributed by atoms with Crippen molar-refractivity contribution in [1.29, 1.82) is 0 Å². The quantitative estimate of drug-likeness (QED) is 0.172. The third-order valence-corrected chi connectivity index (χ3v) is 10.4. The SMILES string of the molecule is [2H]c1c([2H])c([2H])c(-c2ccc(-c3nc(-c4ccccc4)nc(-c4ccc5oc6cccc(-c7ccc8c(c7)c7ccccc7n8-c7ccccc7)c6c5c4)n3)cc2)c([2H])c1[2H]. The van der Waals surface area contributed by atoms with Gasteiger partial charge in [-0.05, 0) is 76.9 Å². The van der Waals surface area contributed by atoms with E-state index in [2.05, 4.69) is 83.4 Å². The summed E-state index contributed by atoms with van der Waals surface area (Å²) in [6.45, 7) is 0. The molecule has 0 aliphatic heterocycles. The zero-order valence-electron chi connectivity index (χ0n) is 34.8. The van der Waals surface area contributed by atoms with Crippen molar-refractivity contribution < 1.29 is 11.3 Å². The molecule has 0 saturated carbocycles. The lowest BCUT2D eigenvalue weighted by Gasteiger charge is -2.10. The van der Waals surface area contributed by atoms with Gasteiger partial charge in [0.05, 0.1) is 17.9 Å². The van der Waals surface area contributed by atoms with Crippen LogP contribution in [0.1, 0.15) is 6.85 Å². The Kier molecular flexibility index (Phi) is 6.29. The van der Waals surface area contributed by atoms with Gasteiger partial charge in [0, 0.05) is 43.9 Å². The van der Waals surface area contributed by atoms with Crippen LogP contribution < -0.4 is 0 Å². The van der Waals surface area contributed by atoms with E-state index < -0.39 is 6.04 Å². The molecule has 262 valence electrons. The fourth-order valence-electron chi connectivity index (χ4n) is 7.73. The molecule has 5 heteroatoms. The molecule has 0 spiro atoms. The van der Waals surface area contributed by atoms with Crippen LogP contribution in [0.15, 0.2) is 198 Å². The fourth-order valence-corrected chi connectivity index (χ4v) is 7.73. The summed E-state index contributed by atoms with van der Waals surface area (Å²) >= 11 is 0. The Labute approximate surface area is 329 Å². The van der Waals surface area contributed by atoms with Crippen molar-refractivity contribution in [2.45, 2.75) is 0 Å².